The van der Waals surface area contributed by atoms with Crippen molar-refractivity contribution in [3.63, 3.8) is 0 Å². The van der Waals surface area contributed by atoms with Crippen molar-refractivity contribution in [3.05, 3.63) is 24.3 Å². The van der Waals surface area contributed by atoms with Crippen LogP contribution < -0.4 is 0 Å². The third kappa shape index (κ3) is 2.66. The minimum absolute atomic E-state index is 0.0522. The molecular formula is C12H17NO4S. The van der Waals surface area contributed by atoms with E-state index in [9.17, 15) is 13.5 Å². The maximum Gasteiger partial charge on any atom is 0.243 e. The highest BCUT2D eigenvalue weighted by Crippen LogP contribution is 2.25. The van der Waals surface area contributed by atoms with Gasteiger partial charge >= 0.3 is 0 Å². The molecule has 5 nitrogen and oxygen atoms in total. The van der Waals surface area contributed by atoms with E-state index in [0.29, 0.717) is 19.7 Å². The van der Waals surface area contributed by atoms with E-state index in [1.165, 1.54) is 28.6 Å². The number of aromatic hydroxyl groups is 1. The maximum absolute atomic E-state index is 12.4. The van der Waals surface area contributed by atoms with Gasteiger partial charge in [-0.05, 0) is 32.0 Å². The SMILES string of the molecule is CC1(C)CN(S(=O)(=O)c2cccc(O)c2)CCO1. The summed E-state index contributed by atoms with van der Waals surface area (Å²) in [4.78, 5) is 0.111. The minimum Gasteiger partial charge on any atom is -0.508 e. The molecule has 0 unspecified atom stereocenters. The predicted molar refractivity (Wildman–Crippen MR) is 66.9 cm³/mol. The van der Waals surface area contributed by atoms with Gasteiger partial charge in [-0.25, -0.2) is 8.42 Å². The smallest absolute Gasteiger partial charge is 0.243 e. The van der Waals surface area contributed by atoms with Crippen molar-refractivity contribution in [2.45, 2.75) is 24.3 Å². The van der Waals surface area contributed by atoms with E-state index in [2.05, 4.69) is 0 Å². The number of phenols is 1. The Morgan fingerprint density at radius 3 is 2.72 bits per heavy atom. The van der Waals surface area contributed by atoms with E-state index >= 15 is 0 Å². The Morgan fingerprint density at radius 2 is 2.11 bits per heavy atom. The second kappa shape index (κ2) is 4.53. The van der Waals surface area contributed by atoms with Gasteiger partial charge in [0.05, 0.1) is 17.1 Å². The van der Waals surface area contributed by atoms with Crippen LogP contribution in [0.25, 0.3) is 0 Å². The molecule has 0 spiro atoms. The summed E-state index contributed by atoms with van der Waals surface area (Å²) in [7, 11) is -3.56. The van der Waals surface area contributed by atoms with Crippen LogP contribution in [0.4, 0.5) is 0 Å². The standard InChI is InChI=1S/C12H17NO4S/c1-12(2)9-13(6-7-17-12)18(15,16)11-5-3-4-10(14)8-11/h3-5,8,14H,6-7,9H2,1-2H3. The molecular weight excluding hydrogens is 254 g/mol. The zero-order chi connectivity index (χ0) is 13.4. The van der Waals surface area contributed by atoms with Crippen molar-refractivity contribution >= 4 is 10.0 Å². The normalized spacial score (nSPS) is 20.8. The summed E-state index contributed by atoms with van der Waals surface area (Å²) in [5, 5.41) is 9.37. The van der Waals surface area contributed by atoms with E-state index in [4.69, 9.17) is 4.74 Å². The van der Waals surface area contributed by atoms with Crippen LogP contribution in [0.5, 0.6) is 5.75 Å². The molecule has 1 aliphatic heterocycles. The highest BCUT2D eigenvalue weighted by Gasteiger charge is 2.34. The Kier molecular flexibility index (Phi) is 3.35. The van der Waals surface area contributed by atoms with E-state index < -0.39 is 15.6 Å². The average Bonchev–Trinajstić information content (AvgIpc) is 2.27. The number of hydrogen-bond acceptors (Lipinski definition) is 4. The van der Waals surface area contributed by atoms with Gasteiger partial charge < -0.3 is 9.84 Å². The van der Waals surface area contributed by atoms with Crippen LogP contribution >= 0.6 is 0 Å². The molecule has 1 saturated heterocycles. The first-order valence-electron chi connectivity index (χ1n) is 5.74. The Morgan fingerprint density at radius 1 is 1.39 bits per heavy atom. The van der Waals surface area contributed by atoms with Crippen LogP contribution in [0, 0.1) is 0 Å². The third-order valence-electron chi connectivity index (χ3n) is 2.85. The molecule has 0 amide bonds. The summed E-state index contributed by atoms with van der Waals surface area (Å²) < 4.78 is 31.7. The van der Waals surface area contributed by atoms with Crippen LogP contribution in [0.15, 0.2) is 29.2 Å². The largest absolute Gasteiger partial charge is 0.508 e. The van der Waals surface area contributed by atoms with Gasteiger partial charge in [-0.15, -0.1) is 0 Å². The first kappa shape index (κ1) is 13.3. The molecule has 0 radical (unpaired) electrons. The van der Waals surface area contributed by atoms with Crippen LogP contribution in [-0.4, -0.2) is 43.1 Å². The van der Waals surface area contributed by atoms with E-state index in [-0.39, 0.29) is 10.6 Å². The van der Waals surface area contributed by atoms with Crippen molar-refractivity contribution in [3.8, 4) is 5.75 Å². The number of ether oxygens (including phenoxy) is 1. The number of morpholine rings is 1. The highest BCUT2D eigenvalue weighted by atomic mass is 32.2. The van der Waals surface area contributed by atoms with Crippen molar-refractivity contribution in [1.82, 2.24) is 4.31 Å². The summed E-state index contributed by atoms with van der Waals surface area (Å²) in [6.07, 6.45) is 0. The summed E-state index contributed by atoms with van der Waals surface area (Å²) in [6, 6.07) is 5.71. The lowest BCUT2D eigenvalue weighted by atomic mass is 10.1. The minimum atomic E-state index is -3.56. The lowest BCUT2D eigenvalue weighted by molar-refractivity contribution is -0.0640. The third-order valence-corrected chi connectivity index (χ3v) is 4.69. The quantitative estimate of drug-likeness (QED) is 0.877. The molecule has 100 valence electrons. The fourth-order valence-electron chi connectivity index (χ4n) is 1.97. The van der Waals surface area contributed by atoms with Gasteiger partial charge in [0.2, 0.25) is 10.0 Å². The molecule has 1 aromatic rings. The van der Waals surface area contributed by atoms with Gasteiger partial charge in [-0.2, -0.15) is 4.31 Å². The molecule has 1 aromatic carbocycles. The second-order valence-electron chi connectivity index (χ2n) is 4.94. The second-order valence-corrected chi connectivity index (χ2v) is 6.88. The number of hydrogen-bond donors (Lipinski definition) is 1. The molecule has 0 atom stereocenters. The average molecular weight is 271 g/mol. The lowest BCUT2D eigenvalue weighted by Gasteiger charge is -2.37. The Bertz CT molecular complexity index is 539. The highest BCUT2D eigenvalue weighted by molar-refractivity contribution is 7.89. The van der Waals surface area contributed by atoms with Crippen LogP contribution in [0.2, 0.25) is 0 Å². The summed E-state index contributed by atoms with van der Waals surface area (Å²) in [5.41, 5.74) is -0.484. The maximum atomic E-state index is 12.4. The number of rotatable bonds is 2. The molecule has 0 bridgehead atoms. The molecule has 0 saturated carbocycles. The summed E-state index contributed by atoms with van der Waals surface area (Å²) >= 11 is 0. The molecule has 0 aromatic heterocycles. The monoisotopic (exact) mass is 271 g/mol. The number of benzene rings is 1. The van der Waals surface area contributed by atoms with Crippen LogP contribution in [0.3, 0.4) is 0 Å². The lowest BCUT2D eigenvalue weighted by Crippen LogP contribution is -2.50. The van der Waals surface area contributed by atoms with Gasteiger partial charge in [0.25, 0.3) is 0 Å². The molecule has 1 heterocycles. The van der Waals surface area contributed by atoms with Crippen molar-refractivity contribution < 1.29 is 18.3 Å². The predicted octanol–water partition coefficient (Wildman–Crippen LogP) is 1.19. The molecule has 1 aliphatic rings. The summed E-state index contributed by atoms with van der Waals surface area (Å²) in [5.74, 6) is -0.0522. The Hall–Kier alpha value is -1.11. The van der Waals surface area contributed by atoms with Gasteiger partial charge in [-0.1, -0.05) is 6.07 Å². The number of phenolic OH excluding ortho intramolecular Hbond substituents is 1. The number of sulfonamides is 1. The molecule has 1 fully saturated rings. The van der Waals surface area contributed by atoms with Crippen LogP contribution in [0.1, 0.15) is 13.8 Å². The fourth-order valence-corrected chi connectivity index (χ4v) is 3.59. The zero-order valence-electron chi connectivity index (χ0n) is 10.5. The molecule has 6 heteroatoms. The molecule has 1 N–H and O–H groups in total. The molecule has 0 aliphatic carbocycles. The van der Waals surface area contributed by atoms with Gasteiger partial charge in [0.1, 0.15) is 5.75 Å². The Balaban J connectivity index is 2.31. The van der Waals surface area contributed by atoms with Crippen molar-refractivity contribution in [2.24, 2.45) is 0 Å². The molecule has 18 heavy (non-hydrogen) atoms. The van der Waals surface area contributed by atoms with Crippen molar-refractivity contribution in [1.29, 1.82) is 0 Å². The van der Waals surface area contributed by atoms with Gasteiger partial charge in [-0.3, -0.25) is 0 Å². The number of nitrogens with zero attached hydrogens (tertiary/aromatic N) is 1. The van der Waals surface area contributed by atoms with Gasteiger partial charge in [0.15, 0.2) is 0 Å². The van der Waals surface area contributed by atoms with E-state index in [1.54, 1.807) is 0 Å². The van der Waals surface area contributed by atoms with E-state index in [1.807, 2.05) is 13.8 Å². The zero-order valence-corrected chi connectivity index (χ0v) is 11.3. The van der Waals surface area contributed by atoms with Crippen molar-refractivity contribution in [2.75, 3.05) is 19.7 Å². The summed E-state index contributed by atoms with van der Waals surface area (Å²) in [6.45, 7) is 4.74. The van der Waals surface area contributed by atoms with E-state index in [0.717, 1.165) is 0 Å². The first-order valence-corrected chi connectivity index (χ1v) is 7.18. The van der Waals surface area contributed by atoms with Gasteiger partial charge in [0, 0.05) is 13.1 Å². The first-order chi connectivity index (χ1) is 8.31. The van der Waals surface area contributed by atoms with Crippen LogP contribution in [-0.2, 0) is 14.8 Å². The Labute approximate surface area is 107 Å². The fraction of sp³-hybridized carbons (Fsp3) is 0.500. The topological polar surface area (TPSA) is 66.8 Å². The molecule has 2 rings (SSSR count).